The van der Waals surface area contributed by atoms with Crippen molar-refractivity contribution in [1.29, 1.82) is 0 Å². The normalized spacial score (nSPS) is 13.3. The van der Waals surface area contributed by atoms with E-state index in [1.807, 2.05) is 53.1 Å². The molecule has 0 bridgehead atoms. The van der Waals surface area contributed by atoms with E-state index in [0.717, 1.165) is 36.0 Å². The summed E-state index contributed by atoms with van der Waals surface area (Å²) in [5, 5.41) is 3.82. The van der Waals surface area contributed by atoms with E-state index in [4.69, 9.17) is 0 Å². The number of aryl methyl sites for hydroxylation is 2. The van der Waals surface area contributed by atoms with E-state index in [-0.39, 0.29) is 11.5 Å². The van der Waals surface area contributed by atoms with Crippen LogP contribution in [0, 0.1) is 0 Å². The molecular weight excluding hydrogens is 312 g/mol. The van der Waals surface area contributed by atoms with Gasteiger partial charge in [0.2, 0.25) is 5.91 Å². The average Bonchev–Trinajstić information content (AvgIpc) is 2.64. The number of hydrogen-bond acceptors (Lipinski definition) is 2. The highest BCUT2D eigenvalue weighted by atomic mass is 16.1. The Balaban J connectivity index is 1.67. The van der Waals surface area contributed by atoms with Gasteiger partial charge in [-0.2, -0.15) is 0 Å². The highest BCUT2D eigenvalue weighted by molar-refractivity contribution is 6.02. The lowest BCUT2D eigenvalue weighted by molar-refractivity contribution is -0.111. The molecule has 0 fully saturated rings. The predicted molar refractivity (Wildman–Crippen MR) is 101 cm³/mol. The summed E-state index contributed by atoms with van der Waals surface area (Å²) in [5.74, 6) is -0.252. The van der Waals surface area contributed by atoms with E-state index >= 15 is 0 Å². The summed E-state index contributed by atoms with van der Waals surface area (Å²) in [6, 6.07) is 17.2. The maximum Gasteiger partial charge on any atom is 0.258 e. The van der Waals surface area contributed by atoms with Gasteiger partial charge in [-0.15, -0.1) is 0 Å². The summed E-state index contributed by atoms with van der Waals surface area (Å²) in [7, 11) is 0. The average molecular weight is 330 g/mol. The highest BCUT2D eigenvalue weighted by Crippen LogP contribution is 2.24. The van der Waals surface area contributed by atoms with Crippen LogP contribution in [0.4, 0.5) is 5.69 Å². The second-order valence-corrected chi connectivity index (χ2v) is 6.20. The van der Waals surface area contributed by atoms with Crippen molar-refractivity contribution >= 4 is 28.6 Å². The van der Waals surface area contributed by atoms with E-state index in [9.17, 15) is 9.59 Å². The number of carbonyl (C=O) groups is 1. The second kappa shape index (κ2) is 6.40. The molecule has 1 aromatic heterocycles. The maximum absolute atomic E-state index is 12.8. The summed E-state index contributed by atoms with van der Waals surface area (Å²) < 4.78 is 1.84. The van der Waals surface area contributed by atoms with Crippen LogP contribution in [0.2, 0.25) is 0 Å². The number of rotatable bonds is 3. The zero-order valence-electron chi connectivity index (χ0n) is 13.7. The van der Waals surface area contributed by atoms with Crippen LogP contribution in [0.3, 0.4) is 0 Å². The fourth-order valence-corrected chi connectivity index (χ4v) is 3.38. The first-order chi connectivity index (χ1) is 12.2. The van der Waals surface area contributed by atoms with Gasteiger partial charge in [0.15, 0.2) is 0 Å². The smallest absolute Gasteiger partial charge is 0.258 e. The summed E-state index contributed by atoms with van der Waals surface area (Å²) in [5.41, 5.74) is 3.48. The first-order valence-electron chi connectivity index (χ1n) is 8.42. The molecule has 0 saturated carbocycles. The summed E-state index contributed by atoms with van der Waals surface area (Å²) >= 11 is 0. The minimum Gasteiger partial charge on any atom is -0.323 e. The lowest BCUT2D eigenvalue weighted by atomic mass is 10.00. The fraction of sp³-hybridized carbons (Fsp3) is 0.143. The third-order valence-corrected chi connectivity index (χ3v) is 4.51. The molecule has 0 atom stereocenters. The second-order valence-electron chi connectivity index (χ2n) is 6.20. The Morgan fingerprint density at radius 3 is 2.76 bits per heavy atom. The van der Waals surface area contributed by atoms with Crippen LogP contribution in [-0.2, 0) is 17.8 Å². The molecule has 1 N–H and O–H groups in total. The van der Waals surface area contributed by atoms with Crippen molar-refractivity contribution in [3.05, 3.63) is 82.2 Å². The number of hydrogen-bond donors (Lipinski definition) is 1. The van der Waals surface area contributed by atoms with Crippen molar-refractivity contribution in [3.63, 3.8) is 0 Å². The number of carbonyl (C=O) groups excluding carboxylic acids is 1. The van der Waals surface area contributed by atoms with E-state index < -0.39 is 0 Å². The molecule has 0 radical (unpaired) electrons. The molecule has 1 amide bonds. The molecule has 4 heteroatoms. The molecular formula is C21H18N2O2. The number of benzene rings is 2. The van der Waals surface area contributed by atoms with Crippen LogP contribution in [0.1, 0.15) is 17.5 Å². The molecule has 0 aliphatic carbocycles. The van der Waals surface area contributed by atoms with E-state index in [2.05, 4.69) is 11.4 Å². The van der Waals surface area contributed by atoms with Gasteiger partial charge in [0, 0.05) is 23.9 Å². The monoisotopic (exact) mass is 330 g/mol. The van der Waals surface area contributed by atoms with Gasteiger partial charge in [-0.05, 0) is 48.1 Å². The Labute approximate surface area is 145 Å². The van der Waals surface area contributed by atoms with Crippen molar-refractivity contribution < 1.29 is 4.79 Å². The summed E-state index contributed by atoms with van der Waals surface area (Å²) in [4.78, 5) is 24.8. The predicted octanol–water partition coefficient (Wildman–Crippen LogP) is 3.60. The number of nitrogens with zero attached hydrogens (tertiary/aromatic N) is 1. The van der Waals surface area contributed by atoms with Crippen LogP contribution < -0.4 is 10.9 Å². The first-order valence-corrected chi connectivity index (χ1v) is 8.42. The van der Waals surface area contributed by atoms with Crippen LogP contribution in [0.25, 0.3) is 17.0 Å². The van der Waals surface area contributed by atoms with E-state index in [1.165, 1.54) is 11.6 Å². The minimum atomic E-state index is -0.252. The maximum atomic E-state index is 12.8. The fourth-order valence-electron chi connectivity index (χ4n) is 3.38. The van der Waals surface area contributed by atoms with Gasteiger partial charge in [-0.3, -0.25) is 9.59 Å². The molecule has 2 aromatic carbocycles. The Hall–Kier alpha value is -3.14. The van der Waals surface area contributed by atoms with Gasteiger partial charge in [-0.25, -0.2) is 0 Å². The van der Waals surface area contributed by atoms with Gasteiger partial charge >= 0.3 is 0 Å². The summed E-state index contributed by atoms with van der Waals surface area (Å²) in [6.45, 7) is 0.726. The van der Waals surface area contributed by atoms with Gasteiger partial charge in [0.05, 0.1) is 5.52 Å². The lowest BCUT2D eigenvalue weighted by Gasteiger charge is -2.19. The summed E-state index contributed by atoms with van der Waals surface area (Å²) in [6.07, 6.45) is 4.99. The molecule has 1 aliphatic heterocycles. The molecule has 2 heterocycles. The number of para-hydroxylation sites is 2. The van der Waals surface area contributed by atoms with Crippen LogP contribution >= 0.6 is 0 Å². The Morgan fingerprint density at radius 1 is 1.08 bits per heavy atom. The topological polar surface area (TPSA) is 51.1 Å². The molecule has 3 aromatic rings. The molecule has 1 aliphatic rings. The van der Waals surface area contributed by atoms with Crippen molar-refractivity contribution in [2.75, 3.05) is 5.32 Å². The third-order valence-electron chi connectivity index (χ3n) is 4.51. The van der Waals surface area contributed by atoms with Crippen molar-refractivity contribution in [3.8, 4) is 0 Å². The quantitative estimate of drug-likeness (QED) is 0.746. The van der Waals surface area contributed by atoms with Crippen LogP contribution in [0.15, 0.2) is 65.5 Å². The van der Waals surface area contributed by atoms with Gasteiger partial charge < -0.3 is 9.88 Å². The van der Waals surface area contributed by atoms with Crippen LogP contribution in [0.5, 0.6) is 0 Å². The minimum absolute atomic E-state index is 0.0385. The SMILES string of the molecule is O=C(/C=C/c1cc2cccc3c2n(c1=O)CCC3)Nc1ccccc1. The van der Waals surface area contributed by atoms with Gasteiger partial charge in [0.25, 0.3) is 5.56 Å². The Kier molecular flexibility index (Phi) is 3.94. The van der Waals surface area contributed by atoms with Crippen molar-refractivity contribution in [2.45, 2.75) is 19.4 Å². The molecule has 4 rings (SSSR count). The van der Waals surface area contributed by atoms with Gasteiger partial charge in [-0.1, -0.05) is 36.4 Å². The zero-order chi connectivity index (χ0) is 17.2. The standard InChI is InChI=1S/C21H18N2O2/c24-19(22-18-9-2-1-3-10-18)12-11-17-14-16-7-4-6-15-8-5-13-23(20(15)16)21(17)25/h1-4,6-7,9-12,14H,5,8,13H2,(H,22,24)/b12-11+. The van der Waals surface area contributed by atoms with Crippen molar-refractivity contribution in [2.24, 2.45) is 0 Å². The molecule has 124 valence electrons. The first kappa shape index (κ1) is 15.4. The Morgan fingerprint density at radius 2 is 1.92 bits per heavy atom. The van der Waals surface area contributed by atoms with Crippen molar-refractivity contribution in [1.82, 2.24) is 4.57 Å². The molecule has 25 heavy (non-hydrogen) atoms. The number of anilines is 1. The molecule has 0 unspecified atom stereocenters. The third kappa shape index (κ3) is 2.98. The van der Waals surface area contributed by atoms with Gasteiger partial charge in [0.1, 0.15) is 0 Å². The van der Waals surface area contributed by atoms with E-state index in [1.54, 1.807) is 6.08 Å². The number of aromatic nitrogens is 1. The van der Waals surface area contributed by atoms with Crippen LogP contribution in [-0.4, -0.2) is 10.5 Å². The Bertz CT molecular complexity index is 1030. The number of amides is 1. The highest BCUT2D eigenvalue weighted by Gasteiger charge is 2.15. The van der Waals surface area contributed by atoms with E-state index in [0.29, 0.717) is 5.56 Å². The molecule has 0 saturated heterocycles. The zero-order valence-corrected chi connectivity index (χ0v) is 13.7. The number of nitrogens with one attached hydrogen (secondary N) is 1. The number of pyridine rings is 1. The lowest BCUT2D eigenvalue weighted by Crippen LogP contribution is -2.26. The molecule has 4 nitrogen and oxygen atoms in total. The largest absolute Gasteiger partial charge is 0.323 e. The molecule has 0 spiro atoms.